The van der Waals surface area contributed by atoms with Crippen molar-refractivity contribution in [2.75, 3.05) is 5.32 Å². The Hall–Kier alpha value is -2.43. The summed E-state index contributed by atoms with van der Waals surface area (Å²) in [6, 6.07) is 3.15. The van der Waals surface area contributed by atoms with Crippen LogP contribution in [-0.2, 0) is 13.0 Å². The number of hydrogen-bond acceptors (Lipinski definition) is 3. The van der Waals surface area contributed by atoms with Gasteiger partial charge in [0.2, 0.25) is 0 Å². The van der Waals surface area contributed by atoms with E-state index in [0.717, 1.165) is 34.1 Å². The van der Waals surface area contributed by atoms with Crippen LogP contribution in [0, 0.1) is 12.7 Å². The van der Waals surface area contributed by atoms with Crippen molar-refractivity contribution in [2.24, 2.45) is 0 Å². The zero-order chi connectivity index (χ0) is 14.8. The molecule has 0 saturated heterocycles. The van der Waals surface area contributed by atoms with Gasteiger partial charge < -0.3 is 10.3 Å². The fourth-order valence-corrected chi connectivity index (χ4v) is 2.58. The highest BCUT2D eigenvalue weighted by atomic mass is 19.1. The second-order valence-electron chi connectivity index (χ2n) is 5.01. The molecule has 2 aromatic heterocycles. The molecule has 0 aliphatic rings. The molecule has 0 radical (unpaired) electrons. The van der Waals surface area contributed by atoms with Gasteiger partial charge in [-0.3, -0.25) is 4.98 Å². The Bertz CT molecular complexity index is 765. The second kappa shape index (κ2) is 5.52. The maximum absolute atomic E-state index is 13.8. The Kier molecular flexibility index (Phi) is 3.56. The van der Waals surface area contributed by atoms with Crippen molar-refractivity contribution < 1.29 is 4.39 Å². The van der Waals surface area contributed by atoms with Gasteiger partial charge in [-0.1, -0.05) is 6.92 Å². The van der Waals surface area contributed by atoms with Crippen LogP contribution in [0.4, 0.5) is 10.2 Å². The van der Waals surface area contributed by atoms with Crippen LogP contribution in [-0.4, -0.2) is 15.0 Å². The molecule has 0 unspecified atom stereocenters. The number of aromatic amines is 1. The van der Waals surface area contributed by atoms with E-state index in [1.807, 2.05) is 6.92 Å². The lowest BCUT2D eigenvalue weighted by molar-refractivity contribution is 0.628. The maximum atomic E-state index is 13.8. The predicted molar refractivity (Wildman–Crippen MR) is 81.7 cm³/mol. The molecule has 21 heavy (non-hydrogen) atoms. The van der Waals surface area contributed by atoms with Gasteiger partial charge in [0.25, 0.3) is 0 Å². The van der Waals surface area contributed by atoms with E-state index < -0.39 is 0 Å². The lowest BCUT2D eigenvalue weighted by Gasteiger charge is -2.07. The van der Waals surface area contributed by atoms with Crippen LogP contribution in [0.2, 0.25) is 0 Å². The highest BCUT2D eigenvalue weighted by Crippen LogP contribution is 2.26. The lowest BCUT2D eigenvalue weighted by atomic mass is 10.1. The van der Waals surface area contributed by atoms with Gasteiger partial charge in [0, 0.05) is 30.0 Å². The molecule has 0 saturated carbocycles. The van der Waals surface area contributed by atoms with Crippen LogP contribution in [0.25, 0.3) is 10.9 Å². The molecule has 0 bridgehead atoms. The Labute approximate surface area is 122 Å². The highest BCUT2D eigenvalue weighted by molar-refractivity contribution is 5.87. The zero-order valence-electron chi connectivity index (χ0n) is 12.1. The monoisotopic (exact) mass is 284 g/mol. The van der Waals surface area contributed by atoms with Gasteiger partial charge in [-0.05, 0) is 36.6 Å². The minimum absolute atomic E-state index is 0.219. The van der Waals surface area contributed by atoms with E-state index in [9.17, 15) is 4.39 Å². The summed E-state index contributed by atoms with van der Waals surface area (Å²) < 4.78 is 13.8. The molecule has 0 aliphatic carbocycles. The van der Waals surface area contributed by atoms with Gasteiger partial charge in [0.15, 0.2) is 0 Å². The average molecular weight is 284 g/mol. The van der Waals surface area contributed by atoms with E-state index >= 15 is 0 Å². The molecule has 0 atom stereocenters. The third-order valence-electron chi connectivity index (χ3n) is 3.69. The molecule has 3 aromatic rings. The fraction of sp³-hybridized carbons (Fsp3) is 0.250. The number of aryl methyl sites for hydroxylation is 2. The van der Waals surface area contributed by atoms with Crippen LogP contribution < -0.4 is 5.32 Å². The number of nitrogens with zero attached hydrogens (tertiary/aromatic N) is 2. The standard InChI is InChI=1S/C16H17FN4/c1-3-14-10(2)13-7-12(17)6-11(16(13)21-14)8-20-15-9-18-4-5-19-15/h4-7,9,21H,3,8H2,1-2H3,(H,19,20). The topological polar surface area (TPSA) is 53.6 Å². The summed E-state index contributed by atoms with van der Waals surface area (Å²) >= 11 is 0. The molecular weight excluding hydrogens is 267 g/mol. The summed E-state index contributed by atoms with van der Waals surface area (Å²) in [7, 11) is 0. The van der Waals surface area contributed by atoms with E-state index in [0.29, 0.717) is 12.4 Å². The number of fused-ring (bicyclic) bond motifs is 1. The minimum atomic E-state index is -0.219. The van der Waals surface area contributed by atoms with E-state index in [1.54, 1.807) is 30.7 Å². The van der Waals surface area contributed by atoms with Crippen molar-refractivity contribution in [3.63, 3.8) is 0 Å². The van der Waals surface area contributed by atoms with Crippen molar-refractivity contribution in [3.8, 4) is 0 Å². The van der Waals surface area contributed by atoms with Gasteiger partial charge in [0.05, 0.1) is 11.7 Å². The van der Waals surface area contributed by atoms with E-state index in [1.165, 1.54) is 0 Å². The molecule has 3 rings (SSSR count). The fourth-order valence-electron chi connectivity index (χ4n) is 2.58. The molecule has 0 fully saturated rings. The first-order chi connectivity index (χ1) is 10.2. The molecule has 4 nitrogen and oxygen atoms in total. The van der Waals surface area contributed by atoms with Crippen LogP contribution in [0.15, 0.2) is 30.7 Å². The van der Waals surface area contributed by atoms with E-state index in [2.05, 4.69) is 27.2 Å². The summed E-state index contributed by atoms with van der Waals surface area (Å²) in [4.78, 5) is 11.6. The smallest absolute Gasteiger partial charge is 0.144 e. The number of aromatic nitrogens is 3. The first kappa shape index (κ1) is 13.5. The van der Waals surface area contributed by atoms with E-state index in [4.69, 9.17) is 0 Å². The summed E-state index contributed by atoms with van der Waals surface area (Å²) in [5, 5.41) is 4.11. The van der Waals surface area contributed by atoms with E-state index in [-0.39, 0.29) is 5.82 Å². The Morgan fingerprint density at radius 3 is 2.86 bits per heavy atom. The molecule has 2 N–H and O–H groups in total. The quantitative estimate of drug-likeness (QED) is 0.770. The summed E-state index contributed by atoms with van der Waals surface area (Å²) in [5.41, 5.74) is 4.14. The first-order valence-electron chi connectivity index (χ1n) is 6.98. The maximum Gasteiger partial charge on any atom is 0.144 e. The molecule has 1 aromatic carbocycles. The third-order valence-corrected chi connectivity index (χ3v) is 3.69. The molecule has 2 heterocycles. The second-order valence-corrected chi connectivity index (χ2v) is 5.01. The number of nitrogens with one attached hydrogen (secondary N) is 2. The Morgan fingerprint density at radius 1 is 1.29 bits per heavy atom. The summed E-state index contributed by atoms with van der Waals surface area (Å²) in [6.07, 6.45) is 5.79. The van der Waals surface area contributed by atoms with Crippen LogP contribution in [0.5, 0.6) is 0 Å². The molecular formula is C16H17FN4. The molecule has 108 valence electrons. The number of anilines is 1. The first-order valence-corrected chi connectivity index (χ1v) is 6.98. The molecule has 0 amide bonds. The predicted octanol–water partition coefficient (Wildman–Crippen LogP) is 3.58. The van der Waals surface area contributed by atoms with Crippen molar-refractivity contribution in [3.05, 3.63) is 53.4 Å². The van der Waals surface area contributed by atoms with Crippen LogP contribution in [0.3, 0.4) is 0 Å². The lowest BCUT2D eigenvalue weighted by Crippen LogP contribution is -2.02. The number of rotatable bonds is 4. The van der Waals surface area contributed by atoms with Gasteiger partial charge in [-0.15, -0.1) is 0 Å². The molecule has 5 heteroatoms. The number of halogens is 1. The summed E-state index contributed by atoms with van der Waals surface area (Å²) in [6.45, 7) is 4.61. The molecule has 0 aliphatic heterocycles. The van der Waals surface area contributed by atoms with Gasteiger partial charge in [0.1, 0.15) is 11.6 Å². The van der Waals surface area contributed by atoms with Crippen LogP contribution >= 0.6 is 0 Å². The van der Waals surface area contributed by atoms with Crippen molar-refractivity contribution in [1.29, 1.82) is 0 Å². The van der Waals surface area contributed by atoms with Crippen molar-refractivity contribution >= 4 is 16.7 Å². The minimum Gasteiger partial charge on any atom is -0.365 e. The Balaban J connectivity index is 1.98. The molecule has 0 spiro atoms. The average Bonchev–Trinajstić information content (AvgIpc) is 2.82. The number of benzene rings is 1. The van der Waals surface area contributed by atoms with Crippen LogP contribution in [0.1, 0.15) is 23.7 Å². The highest BCUT2D eigenvalue weighted by Gasteiger charge is 2.12. The van der Waals surface area contributed by atoms with Crippen molar-refractivity contribution in [1.82, 2.24) is 15.0 Å². The Morgan fingerprint density at radius 2 is 2.14 bits per heavy atom. The summed E-state index contributed by atoms with van der Waals surface area (Å²) in [5.74, 6) is 0.456. The normalized spacial score (nSPS) is 11.0. The van der Waals surface area contributed by atoms with Crippen molar-refractivity contribution in [2.45, 2.75) is 26.8 Å². The largest absolute Gasteiger partial charge is 0.365 e. The number of hydrogen-bond donors (Lipinski definition) is 2. The number of H-pyrrole nitrogens is 1. The third kappa shape index (κ3) is 2.59. The SMILES string of the molecule is CCc1[nH]c2c(CNc3cnccn3)cc(F)cc2c1C. The van der Waals surface area contributed by atoms with Gasteiger partial charge in [-0.2, -0.15) is 0 Å². The zero-order valence-corrected chi connectivity index (χ0v) is 12.1. The van der Waals surface area contributed by atoms with Gasteiger partial charge >= 0.3 is 0 Å². The van der Waals surface area contributed by atoms with Gasteiger partial charge in [-0.25, -0.2) is 9.37 Å².